The van der Waals surface area contributed by atoms with Gasteiger partial charge in [-0.25, -0.2) is 0 Å². The van der Waals surface area contributed by atoms with Gasteiger partial charge < -0.3 is 19.4 Å². The molecule has 0 unspecified atom stereocenters. The molecule has 5 heteroatoms. The number of carbonyl (C=O) groups excluding carboxylic acids is 1. The van der Waals surface area contributed by atoms with E-state index in [4.69, 9.17) is 14.3 Å². The SMILES string of the molecule is COc1cccc(O)c1C(=O)/C=C/c1ccc(CO)o1. The third-order valence-corrected chi connectivity index (χ3v) is 2.71. The summed E-state index contributed by atoms with van der Waals surface area (Å²) < 4.78 is 10.3. The molecule has 0 saturated carbocycles. The van der Waals surface area contributed by atoms with Gasteiger partial charge in [-0.15, -0.1) is 0 Å². The molecule has 104 valence electrons. The molecule has 0 radical (unpaired) electrons. The molecule has 0 bridgehead atoms. The maximum Gasteiger partial charge on any atom is 0.193 e. The first-order valence-electron chi connectivity index (χ1n) is 5.93. The Hall–Kier alpha value is -2.53. The first-order chi connectivity index (χ1) is 9.65. The zero-order chi connectivity index (χ0) is 14.5. The molecule has 0 fully saturated rings. The number of aliphatic hydroxyl groups is 1. The van der Waals surface area contributed by atoms with E-state index in [1.165, 1.54) is 25.3 Å². The summed E-state index contributed by atoms with van der Waals surface area (Å²) in [4.78, 5) is 12.1. The summed E-state index contributed by atoms with van der Waals surface area (Å²) >= 11 is 0. The summed E-state index contributed by atoms with van der Waals surface area (Å²) in [5.41, 5.74) is 0.0974. The zero-order valence-electron chi connectivity index (χ0n) is 10.9. The van der Waals surface area contributed by atoms with Crippen molar-refractivity contribution in [2.45, 2.75) is 6.61 Å². The smallest absolute Gasteiger partial charge is 0.193 e. The number of benzene rings is 1. The predicted molar refractivity (Wildman–Crippen MR) is 72.7 cm³/mol. The molecule has 1 heterocycles. The van der Waals surface area contributed by atoms with Crippen LogP contribution in [0.5, 0.6) is 11.5 Å². The molecule has 20 heavy (non-hydrogen) atoms. The summed E-state index contributed by atoms with van der Waals surface area (Å²) in [5, 5.41) is 18.6. The van der Waals surface area contributed by atoms with E-state index in [1.807, 2.05) is 0 Å². The molecule has 0 aliphatic heterocycles. The Kier molecular flexibility index (Phi) is 4.22. The molecule has 0 saturated heterocycles. The van der Waals surface area contributed by atoms with Crippen LogP contribution in [0.4, 0.5) is 0 Å². The molecular weight excluding hydrogens is 260 g/mol. The van der Waals surface area contributed by atoms with Gasteiger partial charge in [0.05, 0.1) is 7.11 Å². The van der Waals surface area contributed by atoms with Gasteiger partial charge >= 0.3 is 0 Å². The second kappa shape index (κ2) is 6.08. The standard InChI is InChI=1S/C15H14O5/c1-19-14-4-2-3-12(17)15(14)13(18)8-7-10-5-6-11(9-16)20-10/h2-8,16-17H,9H2,1H3/b8-7+. The number of carbonyl (C=O) groups is 1. The van der Waals surface area contributed by atoms with Crippen molar-refractivity contribution in [2.24, 2.45) is 0 Å². The van der Waals surface area contributed by atoms with Crippen molar-refractivity contribution in [2.75, 3.05) is 7.11 Å². The average molecular weight is 274 g/mol. The number of hydrogen-bond acceptors (Lipinski definition) is 5. The summed E-state index contributed by atoms with van der Waals surface area (Å²) in [6.45, 7) is -0.199. The number of aliphatic hydroxyl groups excluding tert-OH is 1. The van der Waals surface area contributed by atoms with Crippen molar-refractivity contribution in [3.05, 3.63) is 53.5 Å². The van der Waals surface area contributed by atoms with Crippen molar-refractivity contribution in [3.8, 4) is 11.5 Å². The second-order valence-electron chi connectivity index (χ2n) is 4.01. The van der Waals surface area contributed by atoms with Crippen LogP contribution in [0.15, 0.2) is 40.8 Å². The van der Waals surface area contributed by atoms with Gasteiger partial charge in [-0.3, -0.25) is 4.79 Å². The van der Waals surface area contributed by atoms with Crippen LogP contribution < -0.4 is 4.74 Å². The first kappa shape index (κ1) is 13.9. The van der Waals surface area contributed by atoms with E-state index in [2.05, 4.69) is 0 Å². The minimum Gasteiger partial charge on any atom is -0.507 e. The lowest BCUT2D eigenvalue weighted by molar-refractivity contribution is 0.104. The highest BCUT2D eigenvalue weighted by Crippen LogP contribution is 2.28. The lowest BCUT2D eigenvalue weighted by Crippen LogP contribution is -1.99. The highest BCUT2D eigenvalue weighted by atomic mass is 16.5. The highest BCUT2D eigenvalue weighted by Gasteiger charge is 2.14. The second-order valence-corrected chi connectivity index (χ2v) is 4.01. The van der Waals surface area contributed by atoms with Crippen LogP contribution in [0.1, 0.15) is 21.9 Å². The number of methoxy groups -OCH3 is 1. The van der Waals surface area contributed by atoms with Crippen molar-refractivity contribution in [1.82, 2.24) is 0 Å². The molecule has 0 aliphatic carbocycles. The zero-order valence-corrected chi connectivity index (χ0v) is 10.9. The van der Waals surface area contributed by atoms with Crippen LogP contribution in [0, 0.1) is 0 Å². The van der Waals surface area contributed by atoms with E-state index < -0.39 is 5.78 Å². The molecule has 0 aliphatic rings. The van der Waals surface area contributed by atoms with E-state index in [1.54, 1.807) is 24.3 Å². The van der Waals surface area contributed by atoms with E-state index in [-0.39, 0.29) is 17.9 Å². The molecule has 0 amide bonds. The van der Waals surface area contributed by atoms with Crippen LogP contribution in [-0.4, -0.2) is 23.1 Å². The van der Waals surface area contributed by atoms with Crippen molar-refractivity contribution >= 4 is 11.9 Å². The molecule has 1 aromatic carbocycles. The number of ketones is 1. The Morgan fingerprint density at radius 3 is 2.80 bits per heavy atom. The third-order valence-electron chi connectivity index (χ3n) is 2.71. The minimum absolute atomic E-state index is 0.0974. The van der Waals surface area contributed by atoms with E-state index in [0.29, 0.717) is 17.3 Å². The van der Waals surface area contributed by atoms with E-state index >= 15 is 0 Å². The number of rotatable bonds is 5. The summed E-state index contributed by atoms with van der Waals surface area (Å²) in [6, 6.07) is 7.86. The van der Waals surface area contributed by atoms with Gasteiger partial charge in [-0.2, -0.15) is 0 Å². The van der Waals surface area contributed by atoms with Crippen molar-refractivity contribution < 1.29 is 24.2 Å². The van der Waals surface area contributed by atoms with Crippen LogP contribution in [-0.2, 0) is 6.61 Å². The Morgan fingerprint density at radius 2 is 2.15 bits per heavy atom. The normalized spacial score (nSPS) is 10.9. The minimum atomic E-state index is -0.401. The van der Waals surface area contributed by atoms with E-state index in [0.717, 1.165) is 0 Å². The molecule has 2 N–H and O–H groups in total. The molecule has 1 aromatic heterocycles. The predicted octanol–water partition coefficient (Wildman–Crippen LogP) is 2.38. The maximum atomic E-state index is 12.1. The lowest BCUT2D eigenvalue weighted by Gasteiger charge is -2.06. The highest BCUT2D eigenvalue weighted by molar-refractivity contribution is 6.10. The lowest BCUT2D eigenvalue weighted by atomic mass is 10.1. The third kappa shape index (κ3) is 2.89. The van der Waals surface area contributed by atoms with Gasteiger partial charge in [0.15, 0.2) is 5.78 Å². The number of aromatic hydroxyl groups is 1. The average Bonchev–Trinajstić information content (AvgIpc) is 2.92. The Morgan fingerprint density at radius 1 is 1.35 bits per heavy atom. The fourth-order valence-electron chi connectivity index (χ4n) is 1.75. The van der Waals surface area contributed by atoms with E-state index in [9.17, 15) is 9.90 Å². The monoisotopic (exact) mass is 274 g/mol. The van der Waals surface area contributed by atoms with Gasteiger partial charge in [-0.1, -0.05) is 6.07 Å². The van der Waals surface area contributed by atoms with Crippen molar-refractivity contribution in [3.63, 3.8) is 0 Å². The van der Waals surface area contributed by atoms with Gasteiger partial charge in [-0.05, 0) is 36.4 Å². The molecule has 2 rings (SSSR count). The van der Waals surface area contributed by atoms with Crippen LogP contribution in [0.2, 0.25) is 0 Å². The topological polar surface area (TPSA) is 79.9 Å². The molecule has 0 atom stereocenters. The van der Waals surface area contributed by atoms with Crippen LogP contribution >= 0.6 is 0 Å². The molecule has 0 spiro atoms. The van der Waals surface area contributed by atoms with Crippen LogP contribution in [0.3, 0.4) is 0 Å². The summed E-state index contributed by atoms with van der Waals surface area (Å²) in [7, 11) is 1.43. The summed E-state index contributed by atoms with van der Waals surface area (Å²) in [5.74, 6) is 0.612. The molecular formula is C15H14O5. The number of furan rings is 1. The fraction of sp³-hybridized carbons (Fsp3) is 0.133. The number of ether oxygens (including phenoxy) is 1. The number of phenols is 1. The Bertz CT molecular complexity index is 639. The van der Waals surface area contributed by atoms with Gasteiger partial charge in [0, 0.05) is 0 Å². The fourth-order valence-corrected chi connectivity index (χ4v) is 1.75. The Balaban J connectivity index is 2.24. The number of allylic oxidation sites excluding steroid dienone is 1. The molecule has 2 aromatic rings. The summed E-state index contributed by atoms with van der Waals surface area (Å²) in [6.07, 6.45) is 2.74. The quantitative estimate of drug-likeness (QED) is 0.646. The van der Waals surface area contributed by atoms with Crippen molar-refractivity contribution in [1.29, 1.82) is 0 Å². The number of phenolic OH excluding ortho intramolecular Hbond substituents is 1. The van der Waals surface area contributed by atoms with Gasteiger partial charge in [0.1, 0.15) is 35.2 Å². The largest absolute Gasteiger partial charge is 0.507 e. The molecule has 5 nitrogen and oxygen atoms in total. The maximum absolute atomic E-state index is 12.1. The first-order valence-corrected chi connectivity index (χ1v) is 5.93. The van der Waals surface area contributed by atoms with Crippen LogP contribution in [0.25, 0.3) is 6.08 Å². The number of hydrogen-bond donors (Lipinski definition) is 2. The Labute approximate surface area is 115 Å². The van der Waals surface area contributed by atoms with Gasteiger partial charge in [0.2, 0.25) is 0 Å². The van der Waals surface area contributed by atoms with Gasteiger partial charge in [0.25, 0.3) is 0 Å².